The molecule has 0 aromatic rings. The van der Waals surface area contributed by atoms with Gasteiger partial charge in [0, 0.05) is 26.2 Å². The molecule has 16 nitrogen and oxygen atoms in total. The summed E-state index contributed by atoms with van der Waals surface area (Å²) < 4.78 is 0. The van der Waals surface area contributed by atoms with Crippen molar-refractivity contribution in [2.45, 2.75) is 0 Å². The zero-order chi connectivity index (χ0) is 14.3. The van der Waals surface area contributed by atoms with Crippen LogP contribution in [0.3, 0.4) is 0 Å². The molecule has 0 heterocycles. The van der Waals surface area contributed by atoms with Crippen LogP contribution in [0.25, 0.3) is 0 Å². The van der Waals surface area contributed by atoms with Crippen molar-refractivity contribution in [1.29, 1.82) is 0 Å². The van der Waals surface area contributed by atoms with E-state index in [1.807, 2.05) is 0 Å². The van der Waals surface area contributed by atoms with Gasteiger partial charge in [0.2, 0.25) is 0 Å². The number of hydrogen-bond donors (Lipinski definition) is 0. The van der Waals surface area contributed by atoms with Crippen molar-refractivity contribution >= 4 is 12.4 Å². The summed E-state index contributed by atoms with van der Waals surface area (Å²) in [5.74, 6) is 0. The predicted molar refractivity (Wildman–Crippen MR) is 48.7 cm³/mol. The molecule has 0 bridgehead atoms. The molecule has 0 aliphatic carbocycles. The van der Waals surface area contributed by atoms with E-state index in [1.165, 1.54) is 0 Å². The number of rotatable bonds is 0. The van der Waals surface area contributed by atoms with E-state index >= 15 is 0 Å². The van der Waals surface area contributed by atoms with E-state index in [1.54, 1.807) is 0 Å². The Morgan fingerprint density at radius 3 is 0.444 bits per heavy atom. The SMILES string of the molecule is Cl.O=[N+]([O-])[O-].O=[N+]([O-])[O-].O=[N+]([O-])[O-].O=[N+]([O-])[O-].[Zr]. The van der Waals surface area contributed by atoms with Gasteiger partial charge in [0.1, 0.15) is 0 Å². The molecule has 0 aromatic heterocycles. The maximum absolute atomic E-state index is 8.25. The van der Waals surface area contributed by atoms with Gasteiger partial charge in [-0.1, -0.05) is 0 Å². The molecule has 0 spiro atoms. The normalized spacial score (nSPS) is 5.33. The fourth-order valence-corrected chi connectivity index (χ4v) is 0. The molecule has 0 fully saturated rings. The molecule has 0 aliphatic heterocycles. The Hall–Kier alpha value is -2.03. The average Bonchev–Trinajstić information content (AvgIpc) is 1.76. The maximum Gasteiger partial charge on any atom is 0.0689 e. The summed E-state index contributed by atoms with van der Waals surface area (Å²) in [7, 11) is 0. The minimum atomic E-state index is -1.75. The van der Waals surface area contributed by atoms with Gasteiger partial charge in [-0.05, 0) is 0 Å². The van der Waals surface area contributed by atoms with E-state index in [4.69, 9.17) is 61.3 Å². The second kappa shape index (κ2) is 29.4. The van der Waals surface area contributed by atoms with Crippen molar-refractivity contribution in [3.63, 3.8) is 0 Å². The molecule has 0 saturated carbocycles. The van der Waals surface area contributed by atoms with E-state index in [9.17, 15) is 0 Å². The van der Waals surface area contributed by atoms with Gasteiger partial charge in [0.25, 0.3) is 0 Å². The maximum atomic E-state index is 8.25. The molecule has 108 valence electrons. The van der Waals surface area contributed by atoms with Crippen LogP contribution in [0.5, 0.6) is 0 Å². The van der Waals surface area contributed by atoms with Crippen molar-refractivity contribution in [3.05, 3.63) is 61.3 Å². The minimum absolute atomic E-state index is 0. The Balaban J connectivity index is -0.0000000257. The van der Waals surface area contributed by atoms with Crippen molar-refractivity contribution < 1.29 is 46.5 Å². The second-order valence-electron chi connectivity index (χ2n) is 0.894. The Kier molecular flexibility index (Phi) is 58.8. The Bertz CT molecular complexity index is 164. The van der Waals surface area contributed by atoms with Gasteiger partial charge in [-0.25, -0.2) is 0 Å². The molecule has 0 aliphatic rings. The second-order valence-corrected chi connectivity index (χ2v) is 0.894. The van der Waals surface area contributed by atoms with Crippen molar-refractivity contribution in [3.8, 4) is 0 Å². The van der Waals surface area contributed by atoms with Gasteiger partial charge in [-0.2, -0.15) is 0 Å². The molecule has 18 heavy (non-hydrogen) atoms. The third kappa shape index (κ3) is 572. The van der Waals surface area contributed by atoms with Crippen LogP contribution in [0, 0.1) is 61.3 Å². The summed E-state index contributed by atoms with van der Waals surface area (Å²) in [6.45, 7) is 0. The summed E-state index contributed by atoms with van der Waals surface area (Å²) >= 11 is 0. The minimum Gasteiger partial charge on any atom is -0.356 e. The van der Waals surface area contributed by atoms with Crippen molar-refractivity contribution in [1.82, 2.24) is 0 Å². The average molecular weight is 376 g/mol. The molecule has 0 aromatic carbocycles. The third-order valence-corrected chi connectivity index (χ3v) is 0. The van der Waals surface area contributed by atoms with E-state index in [0.717, 1.165) is 0 Å². The molecule has 0 rings (SSSR count). The Morgan fingerprint density at radius 1 is 0.444 bits per heavy atom. The summed E-state index contributed by atoms with van der Waals surface area (Å²) in [6, 6.07) is 0. The first kappa shape index (κ1) is 36.0. The van der Waals surface area contributed by atoms with E-state index in [-0.39, 0.29) is 38.6 Å². The molecule has 0 N–H and O–H groups in total. The summed E-state index contributed by atoms with van der Waals surface area (Å²) in [4.78, 5) is 33.0. The fraction of sp³-hybridized carbons (Fsp3) is 0. The number of hydrogen-bond acceptors (Lipinski definition) is 12. The van der Waals surface area contributed by atoms with Crippen molar-refractivity contribution in [2.24, 2.45) is 0 Å². The van der Waals surface area contributed by atoms with Crippen LogP contribution in [-0.2, 0) is 26.2 Å². The van der Waals surface area contributed by atoms with Gasteiger partial charge in [-0.15, -0.1) is 12.4 Å². The molecule has 0 saturated heterocycles. The van der Waals surface area contributed by atoms with Gasteiger partial charge < -0.3 is 61.3 Å². The largest absolute Gasteiger partial charge is 0.356 e. The molecule has 0 radical (unpaired) electrons. The topological polar surface area (TPSA) is 265 Å². The quantitative estimate of drug-likeness (QED) is 0.381. The third-order valence-electron chi connectivity index (χ3n) is 0. The monoisotopic (exact) mass is 374 g/mol. The van der Waals surface area contributed by atoms with Crippen LogP contribution in [0.2, 0.25) is 0 Å². The van der Waals surface area contributed by atoms with Gasteiger partial charge in [0.05, 0.1) is 20.3 Å². The number of nitrogens with zero attached hydrogens (tertiary/aromatic N) is 4. The van der Waals surface area contributed by atoms with Crippen LogP contribution in [-0.4, -0.2) is 20.3 Å². The van der Waals surface area contributed by atoms with Crippen LogP contribution < -0.4 is 0 Å². The molecule has 0 unspecified atom stereocenters. The van der Waals surface area contributed by atoms with E-state index in [0.29, 0.717) is 0 Å². The first-order valence-corrected chi connectivity index (χ1v) is 2.19. The van der Waals surface area contributed by atoms with Crippen LogP contribution in [0.4, 0.5) is 0 Å². The number of halogens is 1. The van der Waals surface area contributed by atoms with Crippen LogP contribution >= 0.6 is 12.4 Å². The molecule has 18 heteroatoms. The molecular formula is HClN4O12Zr-4. The first-order valence-electron chi connectivity index (χ1n) is 2.19. The fourth-order valence-electron chi connectivity index (χ4n) is 0. The zero-order valence-corrected chi connectivity index (χ0v) is 10.9. The molecular weight excluding hydrogens is 375 g/mol. The van der Waals surface area contributed by atoms with Crippen molar-refractivity contribution in [2.75, 3.05) is 0 Å². The van der Waals surface area contributed by atoms with Gasteiger partial charge in [0.15, 0.2) is 0 Å². The standard InChI is InChI=1S/ClH.4NO3.Zr/c;4*2-1(3)4;/h1H;;;;;/q;4*-1;. The molecule has 0 atom stereocenters. The Morgan fingerprint density at radius 2 is 0.444 bits per heavy atom. The van der Waals surface area contributed by atoms with Crippen LogP contribution in [0.1, 0.15) is 0 Å². The first-order chi connectivity index (χ1) is 6.93. The van der Waals surface area contributed by atoms with E-state index in [2.05, 4.69) is 0 Å². The Labute approximate surface area is 120 Å². The summed E-state index contributed by atoms with van der Waals surface area (Å²) in [5, 5.41) is 59.0. The van der Waals surface area contributed by atoms with Crippen LogP contribution in [0.15, 0.2) is 0 Å². The molecule has 0 amide bonds. The van der Waals surface area contributed by atoms with Gasteiger partial charge in [-0.3, -0.25) is 0 Å². The summed E-state index contributed by atoms with van der Waals surface area (Å²) in [6.07, 6.45) is 0. The van der Waals surface area contributed by atoms with Gasteiger partial charge >= 0.3 is 0 Å². The van der Waals surface area contributed by atoms with E-state index < -0.39 is 20.3 Å². The summed E-state index contributed by atoms with van der Waals surface area (Å²) in [5.41, 5.74) is 0. The predicted octanol–water partition coefficient (Wildman–Crippen LogP) is -0.537. The smallest absolute Gasteiger partial charge is 0.0689 e. The zero-order valence-electron chi connectivity index (χ0n) is 7.60.